The molecule has 3 unspecified atom stereocenters. The molecule has 12 rings (SSSR count). The molecule has 3 aliphatic carbocycles. The SMILES string of the molecule is C.CCOC(=O)c1cn2c(cc1=O)-c1cc(CO)c(OC3CC(OC)C3)cc1CC2C(C)(C)C.CCOC(=O)c1cn2c(cc1=O)-c1cc(O)c(O)cc1CC2C(C)(C)C.COC1CC(OS(C)(=O)=O)C1.COC1CC(Oc2cc3c(cc2CO)-c2cc(=O)c(C(=O)O)cn2C(C(C)(C)C)C3)C1.[Na+].[OH-]. The molecule has 0 saturated heterocycles. The van der Waals surface area contributed by atoms with E-state index in [9.17, 15) is 62.7 Å². The van der Waals surface area contributed by atoms with Gasteiger partial charge in [0.25, 0.3) is 10.1 Å². The van der Waals surface area contributed by atoms with Crippen molar-refractivity contribution in [2.24, 2.45) is 16.2 Å². The predicted octanol–water partition coefficient (Wildman–Crippen LogP) is 8.14. The molecule has 27 heteroatoms. The van der Waals surface area contributed by atoms with Crippen LogP contribution in [0.1, 0.15) is 199 Å². The van der Waals surface area contributed by atoms with Crippen molar-refractivity contribution in [1.29, 1.82) is 0 Å². The molecule has 564 valence electrons. The van der Waals surface area contributed by atoms with Crippen LogP contribution in [0.25, 0.3) is 33.8 Å². The van der Waals surface area contributed by atoms with E-state index < -0.39 is 38.9 Å². The van der Waals surface area contributed by atoms with Crippen molar-refractivity contribution in [1.82, 2.24) is 13.7 Å². The molecule has 0 spiro atoms. The van der Waals surface area contributed by atoms with Crippen LogP contribution in [-0.2, 0) is 70.5 Å². The number of carboxylic acids is 1. The summed E-state index contributed by atoms with van der Waals surface area (Å²) in [4.78, 5) is 73.9. The molecule has 3 saturated carbocycles. The summed E-state index contributed by atoms with van der Waals surface area (Å²) in [7, 11) is 1.74. The van der Waals surface area contributed by atoms with Crippen molar-refractivity contribution in [3.63, 3.8) is 0 Å². The molecule has 6 heterocycles. The molecule has 0 bridgehead atoms. The van der Waals surface area contributed by atoms with Crippen molar-refractivity contribution in [3.05, 3.63) is 148 Å². The van der Waals surface area contributed by atoms with E-state index in [0.717, 1.165) is 65.5 Å². The first-order chi connectivity index (χ1) is 47.4. The summed E-state index contributed by atoms with van der Waals surface area (Å²) in [6.45, 7) is 22.4. The van der Waals surface area contributed by atoms with Gasteiger partial charge < -0.3 is 77.9 Å². The van der Waals surface area contributed by atoms with Gasteiger partial charge in [0.15, 0.2) is 27.8 Å². The number of methoxy groups -OCH3 is 3. The molecule has 3 aromatic heterocycles. The number of hydrogen-bond acceptors (Lipinski definition) is 21. The van der Waals surface area contributed by atoms with E-state index in [1.807, 2.05) is 38.0 Å². The zero-order chi connectivity index (χ0) is 74.1. The molecule has 3 aliphatic heterocycles. The van der Waals surface area contributed by atoms with Crippen LogP contribution in [0.4, 0.5) is 0 Å². The summed E-state index contributed by atoms with van der Waals surface area (Å²) in [5.74, 6) is -1.56. The third-order valence-corrected chi connectivity index (χ3v) is 20.3. The maximum atomic E-state index is 12.8. The number of phenolic OH excluding ortho intramolecular Hbond substituents is 2. The third-order valence-electron chi connectivity index (χ3n) is 19.7. The number of phenols is 2. The van der Waals surface area contributed by atoms with Crippen LogP contribution < -0.4 is 55.3 Å². The van der Waals surface area contributed by atoms with Gasteiger partial charge in [-0.3, -0.25) is 18.6 Å². The van der Waals surface area contributed by atoms with Crippen molar-refractivity contribution in [2.45, 2.75) is 209 Å². The number of aliphatic hydroxyl groups excluding tert-OH is 2. The first-order valence-corrected chi connectivity index (χ1v) is 36.0. The Bertz CT molecular complexity index is 4390. The van der Waals surface area contributed by atoms with Crippen molar-refractivity contribution in [2.75, 3.05) is 40.8 Å². The van der Waals surface area contributed by atoms with Gasteiger partial charge in [0, 0.05) is 143 Å². The summed E-state index contributed by atoms with van der Waals surface area (Å²) >= 11 is 0. The number of aliphatic hydroxyl groups is 2. The maximum absolute atomic E-state index is 12.8. The van der Waals surface area contributed by atoms with Gasteiger partial charge in [-0.15, -0.1) is 0 Å². The first kappa shape index (κ1) is 85.7. The van der Waals surface area contributed by atoms with E-state index in [0.29, 0.717) is 71.7 Å². The number of nitrogens with zero attached hydrogens (tertiary/aromatic N) is 3. The van der Waals surface area contributed by atoms with Crippen molar-refractivity contribution >= 4 is 28.0 Å². The van der Waals surface area contributed by atoms with Crippen LogP contribution >= 0.6 is 0 Å². The number of hydrogen-bond donors (Lipinski definition) is 5. The smallest absolute Gasteiger partial charge is 0.870 e. The number of aromatic carboxylic acids is 1. The molecular weight excluding hydrogens is 1370 g/mol. The second-order valence-corrected chi connectivity index (χ2v) is 31.6. The van der Waals surface area contributed by atoms with Crippen LogP contribution in [0.3, 0.4) is 0 Å². The number of benzene rings is 3. The van der Waals surface area contributed by atoms with E-state index in [4.69, 9.17) is 37.3 Å². The molecular formula is C77H102N3NaO22S. The number of carbonyl (C=O) groups excluding carboxylic acids is 2. The third kappa shape index (κ3) is 19.3. The normalized spacial score (nSPS) is 20.8. The molecule has 6 aliphatic rings. The number of fused-ring (bicyclic) bond motifs is 9. The van der Waals surface area contributed by atoms with E-state index in [-0.39, 0.29) is 174 Å². The average molecular weight is 1480 g/mol. The molecule has 3 aromatic carbocycles. The monoisotopic (exact) mass is 1480 g/mol. The Morgan fingerprint density at radius 2 is 0.798 bits per heavy atom. The number of carbonyl (C=O) groups is 3. The molecule has 6 N–H and O–H groups in total. The van der Waals surface area contributed by atoms with Gasteiger partial charge in [-0.05, 0) is 102 Å². The Balaban J connectivity index is 0.000000226. The maximum Gasteiger partial charge on any atom is 1.00 e. The Morgan fingerprint density at radius 1 is 0.490 bits per heavy atom. The summed E-state index contributed by atoms with van der Waals surface area (Å²) in [6.07, 6.45) is 13.0. The van der Waals surface area contributed by atoms with Crippen LogP contribution in [0.5, 0.6) is 23.0 Å². The minimum atomic E-state index is -3.27. The average Bonchev–Trinajstić information content (AvgIpc) is 0.753. The summed E-state index contributed by atoms with van der Waals surface area (Å²) in [5.41, 5.74) is 6.67. The molecule has 104 heavy (non-hydrogen) atoms. The minimum absolute atomic E-state index is 0. The van der Waals surface area contributed by atoms with Crippen LogP contribution in [0.15, 0.2) is 87.6 Å². The fourth-order valence-electron chi connectivity index (χ4n) is 13.7. The fraction of sp³-hybridized carbons (Fsp3) is 0.532. The molecule has 3 atom stereocenters. The van der Waals surface area contributed by atoms with E-state index in [2.05, 4.69) is 62.3 Å². The van der Waals surface area contributed by atoms with Crippen LogP contribution in [0.2, 0.25) is 0 Å². The number of carboxylic acid groups (broad SMARTS) is 1. The molecule has 6 aromatic rings. The van der Waals surface area contributed by atoms with E-state index in [1.54, 1.807) is 47.6 Å². The Hall–Kier alpha value is -7.21. The number of rotatable bonds is 16. The zero-order valence-corrected chi connectivity index (χ0v) is 64.6. The van der Waals surface area contributed by atoms with Crippen molar-refractivity contribution in [3.8, 4) is 56.8 Å². The number of aromatic hydroxyl groups is 2. The second-order valence-electron chi connectivity index (χ2n) is 30.0. The Morgan fingerprint density at radius 3 is 1.11 bits per heavy atom. The van der Waals surface area contributed by atoms with Gasteiger partial charge in [0.05, 0.1) is 74.2 Å². The molecule has 25 nitrogen and oxygen atoms in total. The summed E-state index contributed by atoms with van der Waals surface area (Å²) < 4.78 is 69.8. The quantitative estimate of drug-likeness (QED) is 0.0264. The van der Waals surface area contributed by atoms with Gasteiger partial charge >= 0.3 is 47.5 Å². The van der Waals surface area contributed by atoms with E-state index in [1.165, 1.54) is 36.5 Å². The van der Waals surface area contributed by atoms with Crippen molar-refractivity contribution < 1.29 is 121 Å². The summed E-state index contributed by atoms with van der Waals surface area (Å²) in [5, 5.41) is 49.2. The summed E-state index contributed by atoms with van der Waals surface area (Å²) in [6, 6.07) is 15.0. The molecule has 3 fully saturated rings. The minimum Gasteiger partial charge on any atom is -0.870 e. The molecule has 0 amide bonds. The fourth-order valence-corrected chi connectivity index (χ4v) is 14.3. The number of ether oxygens (including phenoxy) is 7. The zero-order valence-electron chi connectivity index (χ0n) is 61.8. The topological polar surface area (TPSA) is 356 Å². The second kappa shape index (κ2) is 34.6. The number of aromatic nitrogens is 3. The van der Waals surface area contributed by atoms with Crippen LogP contribution in [0, 0.1) is 16.2 Å². The van der Waals surface area contributed by atoms with Gasteiger partial charge in [-0.25, -0.2) is 14.4 Å². The largest absolute Gasteiger partial charge is 1.00 e. The van der Waals surface area contributed by atoms with Gasteiger partial charge in [0.2, 0.25) is 0 Å². The Labute approximate surface area is 630 Å². The van der Waals surface area contributed by atoms with E-state index >= 15 is 0 Å². The van der Waals surface area contributed by atoms with Gasteiger partial charge in [0.1, 0.15) is 40.4 Å². The first-order valence-electron chi connectivity index (χ1n) is 34.2. The predicted molar refractivity (Wildman–Crippen MR) is 386 cm³/mol. The van der Waals surface area contributed by atoms with Gasteiger partial charge in [-0.1, -0.05) is 69.7 Å². The van der Waals surface area contributed by atoms with Crippen LogP contribution in [-0.4, -0.2) is 148 Å². The number of esters is 2. The standard InChI is InChI=1S/C26H33NO6.C24H29NO6.C20H23NO5.C6H12O4S.CH4.Na.H2O/c1-6-32-25(30)20-13-27-21(12-22(20)29)19-7-16(14-28)23(33-18-10-17(11-18)31-5)8-15(19)9-24(27)26(2,3)4;1-24(2,3)22-7-13-6-21(31-16-8-15(9-16)30-4)14(12-26)5-17(13)19-10-20(27)18(23(28)29)11-25(19)22;1-5-26-19(25)13-10-21-14(9-15(13)22)12-8-17(24)16(23)6-11(12)7-18(21)20(2,3)4;1-9-5-3-6(4-5)10-11(2,7)8;;;/h7-8,12-13,17-18,24,28H,6,9-11,14H2,1-5H3;5-6,10-11,15-16,22,26H,7-9,12H2,1-4H3,(H,28,29);6,8-10,18,23-24H,5,7H2,1-4H3;5-6H,3-4H2,1-2H3;1H4;;1H2/q;;;;;+1;/p-1. The van der Waals surface area contributed by atoms with Gasteiger partial charge in [-0.2, -0.15) is 8.42 Å². The Kier molecular flexibility index (Phi) is 28.5. The molecule has 0 radical (unpaired) electrons. The number of pyridine rings is 3.